The number of allylic oxidation sites excluding steroid dienone is 1. The lowest BCUT2D eigenvalue weighted by Gasteiger charge is -2.04. The van der Waals surface area contributed by atoms with Gasteiger partial charge in [0.2, 0.25) is 0 Å². The predicted octanol–water partition coefficient (Wildman–Crippen LogP) is 2.23. The second-order valence-corrected chi connectivity index (χ2v) is 3.01. The molecule has 1 nitrogen and oxygen atoms in total. The van der Waals surface area contributed by atoms with Crippen molar-refractivity contribution >= 4 is 17.0 Å². The van der Waals surface area contributed by atoms with Gasteiger partial charge in [-0.3, -0.25) is 0 Å². The minimum Gasteiger partial charge on any atom is -0.361 e. The second-order valence-electron chi connectivity index (χ2n) is 2.01. The SMILES string of the molecule is C1=CNc2ccsc2C1. The molecule has 46 valence electrons. The van der Waals surface area contributed by atoms with Crippen LogP contribution >= 0.6 is 11.3 Å². The number of anilines is 1. The van der Waals surface area contributed by atoms with Crippen LogP contribution in [0.3, 0.4) is 0 Å². The van der Waals surface area contributed by atoms with E-state index < -0.39 is 0 Å². The van der Waals surface area contributed by atoms with Gasteiger partial charge in [0.05, 0.1) is 5.69 Å². The fourth-order valence-corrected chi connectivity index (χ4v) is 1.76. The molecule has 0 saturated heterocycles. The Hall–Kier alpha value is -0.760. The molecule has 9 heavy (non-hydrogen) atoms. The Bertz CT molecular complexity index is 214. The average Bonchev–Trinajstić information content (AvgIpc) is 2.33. The van der Waals surface area contributed by atoms with Gasteiger partial charge in [0.15, 0.2) is 0 Å². The normalized spacial score (nSPS) is 14.7. The van der Waals surface area contributed by atoms with Crippen molar-refractivity contribution in [2.45, 2.75) is 6.42 Å². The van der Waals surface area contributed by atoms with Crippen LogP contribution in [0.1, 0.15) is 4.88 Å². The fraction of sp³-hybridized carbons (Fsp3) is 0.143. The van der Waals surface area contributed by atoms with Crippen LogP contribution in [0.15, 0.2) is 23.7 Å². The third kappa shape index (κ3) is 0.754. The van der Waals surface area contributed by atoms with Crippen LogP contribution in [0.2, 0.25) is 0 Å². The summed E-state index contributed by atoms with van der Waals surface area (Å²) >= 11 is 1.81. The van der Waals surface area contributed by atoms with Gasteiger partial charge in [-0.25, -0.2) is 0 Å². The van der Waals surface area contributed by atoms with Crippen LogP contribution in [-0.2, 0) is 6.42 Å². The van der Waals surface area contributed by atoms with Gasteiger partial charge in [0.1, 0.15) is 0 Å². The van der Waals surface area contributed by atoms with E-state index in [-0.39, 0.29) is 0 Å². The van der Waals surface area contributed by atoms with Gasteiger partial charge in [0, 0.05) is 11.3 Å². The minimum absolute atomic E-state index is 1.10. The lowest BCUT2D eigenvalue weighted by Crippen LogP contribution is -1.94. The topological polar surface area (TPSA) is 12.0 Å². The van der Waals surface area contributed by atoms with Gasteiger partial charge in [0.25, 0.3) is 0 Å². The summed E-state index contributed by atoms with van der Waals surface area (Å²) in [4.78, 5) is 1.44. The zero-order valence-corrected chi connectivity index (χ0v) is 5.74. The molecule has 2 heterocycles. The molecule has 0 amide bonds. The second kappa shape index (κ2) is 1.88. The van der Waals surface area contributed by atoms with E-state index >= 15 is 0 Å². The molecule has 1 aromatic heterocycles. The molecule has 0 spiro atoms. The summed E-state index contributed by atoms with van der Waals surface area (Å²) in [6, 6.07) is 2.11. The van der Waals surface area contributed by atoms with Crippen molar-refractivity contribution in [3.8, 4) is 0 Å². The highest BCUT2D eigenvalue weighted by atomic mass is 32.1. The number of thiophene rings is 1. The maximum Gasteiger partial charge on any atom is 0.0524 e. The molecule has 1 N–H and O–H groups in total. The summed E-state index contributed by atoms with van der Waals surface area (Å²) in [5.41, 5.74) is 1.28. The molecule has 0 fully saturated rings. The first kappa shape index (κ1) is 5.06. The maximum absolute atomic E-state index is 3.17. The van der Waals surface area contributed by atoms with Crippen molar-refractivity contribution in [1.29, 1.82) is 0 Å². The molecule has 1 aromatic rings. The summed E-state index contributed by atoms with van der Waals surface area (Å²) in [6.07, 6.45) is 5.23. The zero-order valence-electron chi connectivity index (χ0n) is 4.92. The average molecular weight is 137 g/mol. The molecular formula is C7H7NS. The van der Waals surface area contributed by atoms with Crippen molar-refractivity contribution < 1.29 is 0 Å². The van der Waals surface area contributed by atoms with Crippen molar-refractivity contribution in [2.24, 2.45) is 0 Å². The van der Waals surface area contributed by atoms with Crippen LogP contribution in [-0.4, -0.2) is 0 Å². The van der Waals surface area contributed by atoms with E-state index in [1.807, 2.05) is 17.5 Å². The minimum atomic E-state index is 1.10. The summed E-state index contributed by atoms with van der Waals surface area (Å²) in [5.74, 6) is 0. The highest BCUT2D eigenvalue weighted by molar-refractivity contribution is 7.10. The molecule has 0 saturated carbocycles. The van der Waals surface area contributed by atoms with Gasteiger partial charge in [-0.05, 0) is 17.6 Å². The summed E-state index contributed by atoms with van der Waals surface area (Å²) in [6.45, 7) is 0. The van der Waals surface area contributed by atoms with E-state index in [1.54, 1.807) is 0 Å². The molecule has 0 aromatic carbocycles. The van der Waals surface area contributed by atoms with Crippen molar-refractivity contribution in [2.75, 3.05) is 5.32 Å². The van der Waals surface area contributed by atoms with E-state index in [9.17, 15) is 0 Å². The van der Waals surface area contributed by atoms with Crippen LogP contribution in [0.5, 0.6) is 0 Å². The Morgan fingerprint density at radius 3 is 3.44 bits per heavy atom. The molecule has 2 rings (SSSR count). The van der Waals surface area contributed by atoms with E-state index in [4.69, 9.17) is 0 Å². The largest absolute Gasteiger partial charge is 0.361 e. The van der Waals surface area contributed by atoms with Gasteiger partial charge < -0.3 is 5.32 Å². The Morgan fingerprint density at radius 2 is 2.56 bits per heavy atom. The lowest BCUT2D eigenvalue weighted by molar-refractivity contribution is 1.29. The zero-order chi connectivity index (χ0) is 6.10. The monoisotopic (exact) mass is 137 g/mol. The number of hydrogen-bond donors (Lipinski definition) is 1. The smallest absolute Gasteiger partial charge is 0.0524 e. The maximum atomic E-state index is 3.17. The molecule has 0 atom stereocenters. The molecule has 1 aliphatic heterocycles. The van der Waals surface area contributed by atoms with Gasteiger partial charge >= 0.3 is 0 Å². The molecule has 0 radical (unpaired) electrons. The Morgan fingerprint density at radius 1 is 1.56 bits per heavy atom. The Labute approximate surface area is 58.0 Å². The molecule has 0 aliphatic carbocycles. The highest BCUT2D eigenvalue weighted by Crippen LogP contribution is 2.25. The predicted molar refractivity (Wildman–Crippen MR) is 40.8 cm³/mol. The van der Waals surface area contributed by atoms with Crippen LogP contribution in [0.4, 0.5) is 5.69 Å². The third-order valence-electron chi connectivity index (χ3n) is 1.41. The summed E-state index contributed by atoms with van der Waals surface area (Å²) in [5, 5.41) is 5.29. The molecule has 1 aliphatic rings. The number of nitrogens with one attached hydrogen (secondary N) is 1. The summed E-state index contributed by atoms with van der Waals surface area (Å²) < 4.78 is 0. The molecule has 2 heteroatoms. The number of rotatable bonds is 0. The van der Waals surface area contributed by atoms with E-state index in [0.717, 1.165) is 6.42 Å². The van der Waals surface area contributed by atoms with Crippen molar-refractivity contribution in [1.82, 2.24) is 0 Å². The van der Waals surface area contributed by atoms with Crippen LogP contribution in [0.25, 0.3) is 0 Å². The van der Waals surface area contributed by atoms with Crippen LogP contribution in [0, 0.1) is 0 Å². The Kier molecular flexibility index (Phi) is 1.06. The fourth-order valence-electron chi connectivity index (χ4n) is 0.942. The lowest BCUT2D eigenvalue weighted by atomic mass is 10.2. The highest BCUT2D eigenvalue weighted by Gasteiger charge is 2.02. The molecular weight excluding hydrogens is 130 g/mol. The van der Waals surface area contributed by atoms with Gasteiger partial charge in [-0.15, -0.1) is 11.3 Å². The van der Waals surface area contributed by atoms with E-state index in [2.05, 4.69) is 22.8 Å². The number of fused-ring (bicyclic) bond motifs is 1. The molecule has 0 unspecified atom stereocenters. The molecule has 0 bridgehead atoms. The summed E-state index contributed by atoms with van der Waals surface area (Å²) in [7, 11) is 0. The van der Waals surface area contributed by atoms with Crippen LogP contribution < -0.4 is 5.32 Å². The van der Waals surface area contributed by atoms with Gasteiger partial charge in [-0.1, -0.05) is 6.08 Å². The quantitative estimate of drug-likeness (QED) is 0.578. The first-order valence-electron chi connectivity index (χ1n) is 2.95. The van der Waals surface area contributed by atoms with Gasteiger partial charge in [-0.2, -0.15) is 0 Å². The van der Waals surface area contributed by atoms with Crippen molar-refractivity contribution in [3.05, 3.63) is 28.6 Å². The first-order chi connectivity index (χ1) is 4.47. The van der Waals surface area contributed by atoms with E-state index in [0.29, 0.717) is 0 Å². The first-order valence-corrected chi connectivity index (χ1v) is 3.83. The van der Waals surface area contributed by atoms with Crippen molar-refractivity contribution in [3.63, 3.8) is 0 Å². The Balaban J connectivity index is 2.46. The third-order valence-corrected chi connectivity index (χ3v) is 2.35. The van der Waals surface area contributed by atoms with E-state index in [1.165, 1.54) is 10.6 Å². The standard InChI is InChI=1S/C7H7NS/c1-2-7-6(8-4-1)3-5-9-7/h1,3-5,8H,2H2. The number of hydrogen-bond acceptors (Lipinski definition) is 2.